The fourth-order valence-electron chi connectivity index (χ4n) is 2.35. The van der Waals surface area contributed by atoms with Gasteiger partial charge in [-0.1, -0.05) is 18.2 Å². The fraction of sp³-hybridized carbons (Fsp3) is 0.333. The molecule has 0 spiro atoms. The lowest BCUT2D eigenvalue weighted by molar-refractivity contribution is -0.116. The number of hydrogen-bond acceptors (Lipinski definition) is 3. The molecule has 0 atom stereocenters. The van der Waals surface area contributed by atoms with Gasteiger partial charge in [-0.25, -0.2) is 4.79 Å². The van der Waals surface area contributed by atoms with E-state index >= 15 is 0 Å². The van der Waals surface area contributed by atoms with Crippen LogP contribution >= 0.6 is 11.3 Å². The summed E-state index contributed by atoms with van der Waals surface area (Å²) in [7, 11) is 1.61. The molecule has 0 bridgehead atoms. The van der Waals surface area contributed by atoms with Crippen LogP contribution in [-0.2, 0) is 11.3 Å². The molecule has 2 aromatic rings. The van der Waals surface area contributed by atoms with Crippen LogP contribution in [0.15, 0.2) is 29.6 Å². The van der Waals surface area contributed by atoms with Crippen LogP contribution in [-0.4, -0.2) is 30.4 Å². The van der Waals surface area contributed by atoms with E-state index in [1.165, 1.54) is 4.90 Å². The second-order valence-electron chi connectivity index (χ2n) is 5.86. The Balaban J connectivity index is 1.86. The number of nitrogens with zero attached hydrogens (tertiary/aromatic N) is 1. The van der Waals surface area contributed by atoms with Gasteiger partial charge in [0.2, 0.25) is 5.91 Å². The van der Waals surface area contributed by atoms with E-state index in [0.717, 1.165) is 27.3 Å². The van der Waals surface area contributed by atoms with Gasteiger partial charge in [-0.15, -0.1) is 11.3 Å². The van der Waals surface area contributed by atoms with Crippen LogP contribution in [0.2, 0.25) is 0 Å². The van der Waals surface area contributed by atoms with Gasteiger partial charge in [-0.05, 0) is 48.9 Å². The predicted octanol–water partition coefficient (Wildman–Crippen LogP) is 3.45. The summed E-state index contributed by atoms with van der Waals surface area (Å²) in [6.45, 7) is 6.39. The highest BCUT2D eigenvalue weighted by Crippen LogP contribution is 2.19. The van der Waals surface area contributed by atoms with Crippen LogP contribution < -0.4 is 10.6 Å². The summed E-state index contributed by atoms with van der Waals surface area (Å²) in [6.07, 6.45) is 0. The maximum absolute atomic E-state index is 12.2. The number of thiophene rings is 1. The number of amides is 3. The molecule has 2 N–H and O–H groups in total. The zero-order valence-electron chi connectivity index (χ0n) is 14.5. The Morgan fingerprint density at radius 1 is 1.08 bits per heavy atom. The first-order chi connectivity index (χ1) is 11.4. The standard InChI is InChI=1S/C18H23N3O2S/c1-12-8-9-24-15(12)10-19-18(23)21(4)11-16(22)20-17-13(2)6-5-7-14(17)3/h5-9H,10-11H2,1-4H3,(H,19,23)(H,20,22). The van der Waals surface area contributed by atoms with Crippen molar-refractivity contribution in [3.8, 4) is 0 Å². The Labute approximate surface area is 146 Å². The zero-order chi connectivity index (χ0) is 17.7. The highest BCUT2D eigenvalue weighted by Gasteiger charge is 2.14. The molecule has 3 amide bonds. The second kappa shape index (κ2) is 7.97. The van der Waals surface area contributed by atoms with E-state index in [2.05, 4.69) is 10.6 Å². The number of hydrogen-bond donors (Lipinski definition) is 2. The molecule has 0 aliphatic carbocycles. The van der Waals surface area contributed by atoms with Gasteiger partial charge >= 0.3 is 6.03 Å². The van der Waals surface area contributed by atoms with Gasteiger partial charge in [0, 0.05) is 17.6 Å². The first-order valence-electron chi connectivity index (χ1n) is 7.76. The van der Waals surface area contributed by atoms with E-state index in [-0.39, 0.29) is 18.5 Å². The largest absolute Gasteiger partial charge is 0.333 e. The predicted molar refractivity (Wildman–Crippen MR) is 98.5 cm³/mol. The van der Waals surface area contributed by atoms with Crippen molar-refractivity contribution in [2.45, 2.75) is 27.3 Å². The lowest BCUT2D eigenvalue weighted by atomic mass is 10.1. The van der Waals surface area contributed by atoms with Crippen molar-refractivity contribution in [1.29, 1.82) is 0 Å². The molecule has 0 fully saturated rings. The Morgan fingerprint density at radius 3 is 2.33 bits per heavy atom. The summed E-state index contributed by atoms with van der Waals surface area (Å²) >= 11 is 1.61. The fourth-order valence-corrected chi connectivity index (χ4v) is 3.20. The average Bonchev–Trinajstić information content (AvgIpc) is 2.94. The topological polar surface area (TPSA) is 61.4 Å². The number of anilines is 1. The molecule has 1 aromatic heterocycles. The third-order valence-electron chi connectivity index (χ3n) is 3.84. The van der Waals surface area contributed by atoms with E-state index in [9.17, 15) is 9.59 Å². The van der Waals surface area contributed by atoms with Crippen molar-refractivity contribution in [1.82, 2.24) is 10.2 Å². The second-order valence-corrected chi connectivity index (χ2v) is 6.86. The first-order valence-corrected chi connectivity index (χ1v) is 8.64. The summed E-state index contributed by atoms with van der Waals surface area (Å²) in [5, 5.41) is 7.72. The summed E-state index contributed by atoms with van der Waals surface area (Å²) in [4.78, 5) is 26.8. The minimum absolute atomic E-state index is 0.00301. The van der Waals surface area contributed by atoms with Gasteiger partial charge in [0.05, 0.1) is 6.54 Å². The number of aryl methyl sites for hydroxylation is 3. The van der Waals surface area contributed by atoms with E-state index in [1.807, 2.05) is 50.4 Å². The normalized spacial score (nSPS) is 10.3. The molecule has 128 valence electrons. The Bertz CT molecular complexity index is 719. The van der Waals surface area contributed by atoms with E-state index < -0.39 is 0 Å². The number of likely N-dealkylation sites (N-methyl/N-ethyl adjacent to an activating group) is 1. The maximum Gasteiger partial charge on any atom is 0.317 e. The monoisotopic (exact) mass is 345 g/mol. The molecule has 0 aliphatic rings. The number of nitrogens with one attached hydrogen (secondary N) is 2. The third kappa shape index (κ3) is 4.58. The third-order valence-corrected chi connectivity index (χ3v) is 4.86. The van der Waals surface area contributed by atoms with Crippen molar-refractivity contribution in [2.75, 3.05) is 18.9 Å². The van der Waals surface area contributed by atoms with Crippen LogP contribution in [0.25, 0.3) is 0 Å². The molecule has 0 saturated heterocycles. The Hall–Kier alpha value is -2.34. The molecule has 0 radical (unpaired) electrons. The van der Waals surface area contributed by atoms with Gasteiger partial charge in [-0.3, -0.25) is 4.79 Å². The quantitative estimate of drug-likeness (QED) is 0.872. The molecule has 24 heavy (non-hydrogen) atoms. The van der Waals surface area contributed by atoms with E-state index in [4.69, 9.17) is 0 Å². The minimum atomic E-state index is -0.264. The first kappa shape index (κ1) is 18.0. The molecule has 5 nitrogen and oxygen atoms in total. The van der Waals surface area contributed by atoms with Gasteiger partial charge in [0.1, 0.15) is 6.54 Å². The van der Waals surface area contributed by atoms with E-state index in [0.29, 0.717) is 6.54 Å². The van der Waals surface area contributed by atoms with Crippen molar-refractivity contribution < 1.29 is 9.59 Å². The number of carbonyl (C=O) groups excluding carboxylic acids is 2. The summed E-state index contributed by atoms with van der Waals surface area (Å²) in [5.41, 5.74) is 3.98. The van der Waals surface area contributed by atoms with Crippen molar-refractivity contribution in [2.24, 2.45) is 0 Å². The number of benzene rings is 1. The smallest absolute Gasteiger partial charge is 0.317 e. The van der Waals surface area contributed by atoms with E-state index in [1.54, 1.807) is 18.4 Å². The van der Waals surface area contributed by atoms with Crippen LogP contribution in [0.4, 0.5) is 10.5 Å². The molecular formula is C18H23N3O2S. The van der Waals surface area contributed by atoms with Crippen LogP contribution in [0.5, 0.6) is 0 Å². The van der Waals surface area contributed by atoms with Gasteiger partial charge in [-0.2, -0.15) is 0 Å². The number of rotatable bonds is 5. The average molecular weight is 345 g/mol. The molecule has 0 saturated carbocycles. The molecule has 2 rings (SSSR count). The van der Waals surface area contributed by atoms with Crippen LogP contribution in [0, 0.1) is 20.8 Å². The van der Waals surface area contributed by atoms with Crippen LogP contribution in [0.1, 0.15) is 21.6 Å². The van der Waals surface area contributed by atoms with Gasteiger partial charge < -0.3 is 15.5 Å². The number of para-hydroxylation sites is 1. The Morgan fingerprint density at radius 2 is 1.75 bits per heavy atom. The maximum atomic E-state index is 12.2. The van der Waals surface area contributed by atoms with Crippen molar-refractivity contribution in [3.63, 3.8) is 0 Å². The lowest BCUT2D eigenvalue weighted by Crippen LogP contribution is -2.41. The molecule has 1 aromatic carbocycles. The van der Waals surface area contributed by atoms with Gasteiger partial charge in [0.15, 0.2) is 0 Å². The van der Waals surface area contributed by atoms with Gasteiger partial charge in [0.25, 0.3) is 0 Å². The summed E-state index contributed by atoms with van der Waals surface area (Å²) < 4.78 is 0. The number of urea groups is 1. The number of carbonyl (C=O) groups is 2. The molecule has 1 heterocycles. The molecule has 0 aliphatic heterocycles. The summed E-state index contributed by atoms with van der Waals surface area (Å²) in [6, 6.07) is 7.60. The Kier molecular flexibility index (Phi) is 5.98. The lowest BCUT2D eigenvalue weighted by Gasteiger charge is -2.18. The minimum Gasteiger partial charge on any atom is -0.333 e. The molecular weight excluding hydrogens is 322 g/mol. The highest BCUT2D eigenvalue weighted by molar-refractivity contribution is 7.10. The molecule has 0 unspecified atom stereocenters. The molecule has 6 heteroatoms. The zero-order valence-corrected chi connectivity index (χ0v) is 15.3. The van der Waals surface area contributed by atoms with Crippen molar-refractivity contribution >= 4 is 29.0 Å². The van der Waals surface area contributed by atoms with Crippen LogP contribution in [0.3, 0.4) is 0 Å². The van der Waals surface area contributed by atoms with Crippen molar-refractivity contribution in [3.05, 3.63) is 51.2 Å². The summed E-state index contributed by atoms with van der Waals surface area (Å²) in [5.74, 6) is -0.211. The highest BCUT2D eigenvalue weighted by atomic mass is 32.1. The SMILES string of the molecule is Cc1ccsc1CNC(=O)N(C)CC(=O)Nc1c(C)cccc1C.